The Morgan fingerprint density at radius 3 is 2.22 bits per heavy atom. The van der Waals surface area contributed by atoms with Crippen molar-refractivity contribution in [3.63, 3.8) is 0 Å². The van der Waals surface area contributed by atoms with E-state index in [1.54, 1.807) is 0 Å². The quantitative estimate of drug-likeness (QED) is 0.798. The number of morpholine rings is 1. The molecule has 2 heteroatoms. The van der Waals surface area contributed by atoms with Crippen LogP contribution in [0.3, 0.4) is 0 Å². The molecule has 0 bridgehead atoms. The number of rotatable bonds is 2. The van der Waals surface area contributed by atoms with Gasteiger partial charge in [0.25, 0.3) is 0 Å². The lowest BCUT2D eigenvalue weighted by molar-refractivity contribution is 0.123. The summed E-state index contributed by atoms with van der Waals surface area (Å²) < 4.78 is 5.43. The first-order valence-electron chi connectivity index (χ1n) is 6.42. The maximum absolute atomic E-state index is 5.43. The molecular weight excluding hydrogens is 222 g/mol. The molecule has 0 amide bonds. The Bertz CT molecular complexity index is 504. The lowest BCUT2D eigenvalue weighted by Gasteiger charge is -2.30. The van der Waals surface area contributed by atoms with Crippen molar-refractivity contribution < 1.29 is 4.74 Å². The monoisotopic (exact) mass is 239 g/mol. The van der Waals surface area contributed by atoms with E-state index in [9.17, 15) is 0 Å². The van der Waals surface area contributed by atoms with Crippen molar-refractivity contribution in [2.24, 2.45) is 0 Å². The van der Waals surface area contributed by atoms with Crippen LogP contribution in [0.1, 0.15) is 0 Å². The Morgan fingerprint density at radius 2 is 1.44 bits per heavy atom. The van der Waals surface area contributed by atoms with Gasteiger partial charge in [-0.2, -0.15) is 0 Å². The van der Waals surface area contributed by atoms with Crippen molar-refractivity contribution in [3.8, 4) is 11.1 Å². The SMILES string of the molecule is c1ccc(-c2ccccc2N2CCOCC2)cc1. The highest BCUT2D eigenvalue weighted by Gasteiger charge is 2.14. The third kappa shape index (κ3) is 2.24. The lowest BCUT2D eigenvalue weighted by atomic mass is 10.0. The molecule has 1 saturated heterocycles. The summed E-state index contributed by atoms with van der Waals surface area (Å²) in [6, 6.07) is 19.2. The molecule has 0 atom stereocenters. The number of nitrogens with zero attached hydrogens (tertiary/aromatic N) is 1. The van der Waals surface area contributed by atoms with Crippen molar-refractivity contribution in [3.05, 3.63) is 54.6 Å². The van der Waals surface area contributed by atoms with Gasteiger partial charge in [-0.1, -0.05) is 48.5 Å². The largest absolute Gasteiger partial charge is 0.378 e. The van der Waals surface area contributed by atoms with Crippen molar-refractivity contribution in [1.29, 1.82) is 0 Å². The number of benzene rings is 2. The van der Waals surface area contributed by atoms with Crippen molar-refractivity contribution in [2.45, 2.75) is 0 Å². The Balaban J connectivity index is 1.99. The van der Waals surface area contributed by atoms with E-state index in [-0.39, 0.29) is 0 Å². The zero-order valence-corrected chi connectivity index (χ0v) is 10.4. The zero-order chi connectivity index (χ0) is 12.2. The average Bonchev–Trinajstić information content (AvgIpc) is 2.49. The van der Waals surface area contributed by atoms with Gasteiger partial charge in [-0.05, 0) is 11.6 Å². The van der Waals surface area contributed by atoms with Gasteiger partial charge in [0.05, 0.1) is 13.2 Å². The molecule has 0 N–H and O–H groups in total. The smallest absolute Gasteiger partial charge is 0.0642 e. The average molecular weight is 239 g/mol. The van der Waals surface area contributed by atoms with E-state index in [2.05, 4.69) is 59.5 Å². The molecular formula is C16H17NO. The highest BCUT2D eigenvalue weighted by Crippen LogP contribution is 2.30. The van der Waals surface area contributed by atoms with Crippen LogP contribution in [0.5, 0.6) is 0 Å². The number of para-hydroxylation sites is 1. The molecule has 0 unspecified atom stereocenters. The van der Waals surface area contributed by atoms with Crippen LogP contribution in [0.4, 0.5) is 5.69 Å². The molecule has 0 saturated carbocycles. The van der Waals surface area contributed by atoms with Crippen LogP contribution in [0.2, 0.25) is 0 Å². The van der Waals surface area contributed by atoms with Crippen LogP contribution in [-0.2, 0) is 4.74 Å². The molecule has 1 aliphatic rings. The summed E-state index contributed by atoms with van der Waals surface area (Å²) in [4.78, 5) is 2.41. The fourth-order valence-electron chi connectivity index (χ4n) is 2.42. The Hall–Kier alpha value is -1.80. The first-order chi connectivity index (χ1) is 8.95. The molecule has 0 aliphatic carbocycles. The third-order valence-electron chi connectivity index (χ3n) is 3.34. The van der Waals surface area contributed by atoms with E-state index in [1.165, 1.54) is 16.8 Å². The van der Waals surface area contributed by atoms with E-state index < -0.39 is 0 Å². The van der Waals surface area contributed by atoms with Gasteiger partial charge in [-0.15, -0.1) is 0 Å². The molecule has 1 heterocycles. The fraction of sp³-hybridized carbons (Fsp3) is 0.250. The van der Waals surface area contributed by atoms with Crippen LogP contribution in [0.25, 0.3) is 11.1 Å². The molecule has 92 valence electrons. The first-order valence-corrected chi connectivity index (χ1v) is 6.42. The first kappa shape index (κ1) is 11.3. The summed E-state index contributed by atoms with van der Waals surface area (Å²) in [5.74, 6) is 0. The maximum Gasteiger partial charge on any atom is 0.0642 e. The minimum absolute atomic E-state index is 0.823. The van der Waals surface area contributed by atoms with Gasteiger partial charge in [-0.3, -0.25) is 0 Å². The predicted octanol–water partition coefficient (Wildman–Crippen LogP) is 3.19. The van der Waals surface area contributed by atoms with Gasteiger partial charge in [0.15, 0.2) is 0 Å². The highest BCUT2D eigenvalue weighted by molar-refractivity contribution is 5.78. The minimum Gasteiger partial charge on any atom is -0.378 e. The summed E-state index contributed by atoms with van der Waals surface area (Å²) in [6.45, 7) is 3.60. The van der Waals surface area contributed by atoms with E-state index in [1.807, 2.05) is 0 Å². The van der Waals surface area contributed by atoms with Gasteiger partial charge in [0.1, 0.15) is 0 Å². The molecule has 3 rings (SSSR count). The second-order valence-corrected chi connectivity index (χ2v) is 4.48. The highest BCUT2D eigenvalue weighted by atomic mass is 16.5. The van der Waals surface area contributed by atoms with Gasteiger partial charge in [0, 0.05) is 24.3 Å². The van der Waals surface area contributed by atoms with Gasteiger partial charge >= 0.3 is 0 Å². The summed E-state index contributed by atoms with van der Waals surface area (Å²) >= 11 is 0. The number of hydrogen-bond donors (Lipinski definition) is 0. The third-order valence-corrected chi connectivity index (χ3v) is 3.34. The second-order valence-electron chi connectivity index (χ2n) is 4.48. The minimum atomic E-state index is 0.823. The summed E-state index contributed by atoms with van der Waals surface area (Å²) in [5, 5.41) is 0. The van der Waals surface area contributed by atoms with E-state index >= 15 is 0 Å². The lowest BCUT2D eigenvalue weighted by Crippen LogP contribution is -2.36. The fourth-order valence-corrected chi connectivity index (χ4v) is 2.42. The zero-order valence-electron chi connectivity index (χ0n) is 10.4. The van der Waals surface area contributed by atoms with Crippen LogP contribution in [-0.4, -0.2) is 26.3 Å². The molecule has 0 aromatic heterocycles. The molecule has 2 nitrogen and oxygen atoms in total. The molecule has 1 fully saturated rings. The Kier molecular flexibility index (Phi) is 3.29. The maximum atomic E-state index is 5.43. The van der Waals surface area contributed by atoms with Gasteiger partial charge in [0.2, 0.25) is 0 Å². The number of ether oxygens (including phenoxy) is 1. The second kappa shape index (κ2) is 5.23. The normalized spacial score (nSPS) is 15.7. The Labute approximate surface area is 108 Å². The summed E-state index contributed by atoms with van der Waals surface area (Å²) in [5.41, 5.74) is 3.89. The Morgan fingerprint density at radius 1 is 0.778 bits per heavy atom. The van der Waals surface area contributed by atoms with Crippen molar-refractivity contribution in [1.82, 2.24) is 0 Å². The standard InChI is InChI=1S/C16H17NO/c1-2-6-14(7-3-1)15-8-4-5-9-16(15)17-10-12-18-13-11-17/h1-9H,10-13H2. The van der Waals surface area contributed by atoms with Crippen LogP contribution in [0.15, 0.2) is 54.6 Å². The van der Waals surface area contributed by atoms with E-state index in [4.69, 9.17) is 4.74 Å². The van der Waals surface area contributed by atoms with Crippen LogP contribution >= 0.6 is 0 Å². The predicted molar refractivity (Wildman–Crippen MR) is 74.9 cm³/mol. The number of hydrogen-bond acceptors (Lipinski definition) is 2. The van der Waals surface area contributed by atoms with Crippen molar-refractivity contribution in [2.75, 3.05) is 31.2 Å². The van der Waals surface area contributed by atoms with E-state index in [0.29, 0.717) is 0 Å². The van der Waals surface area contributed by atoms with Crippen molar-refractivity contribution >= 4 is 5.69 Å². The molecule has 2 aromatic carbocycles. The molecule has 18 heavy (non-hydrogen) atoms. The van der Waals surface area contributed by atoms with Crippen LogP contribution in [0, 0.1) is 0 Å². The van der Waals surface area contributed by atoms with Gasteiger partial charge in [-0.25, -0.2) is 0 Å². The van der Waals surface area contributed by atoms with E-state index in [0.717, 1.165) is 26.3 Å². The summed E-state index contributed by atoms with van der Waals surface area (Å²) in [6.07, 6.45) is 0. The van der Waals surface area contributed by atoms with Gasteiger partial charge < -0.3 is 9.64 Å². The molecule has 0 spiro atoms. The molecule has 2 aromatic rings. The van der Waals surface area contributed by atoms with Crippen LogP contribution < -0.4 is 4.90 Å². The number of anilines is 1. The molecule has 1 aliphatic heterocycles. The molecule has 0 radical (unpaired) electrons. The summed E-state index contributed by atoms with van der Waals surface area (Å²) in [7, 11) is 0. The topological polar surface area (TPSA) is 12.5 Å².